The van der Waals surface area contributed by atoms with Gasteiger partial charge in [0, 0.05) is 27.3 Å². The van der Waals surface area contributed by atoms with E-state index in [0.29, 0.717) is 66.5 Å². The van der Waals surface area contributed by atoms with Crippen LogP contribution in [0.3, 0.4) is 0 Å². The van der Waals surface area contributed by atoms with Gasteiger partial charge in [0.25, 0.3) is 0 Å². The average Bonchev–Trinajstić information content (AvgIpc) is 3.22. The van der Waals surface area contributed by atoms with Gasteiger partial charge in [-0.1, -0.05) is 72.8 Å². The summed E-state index contributed by atoms with van der Waals surface area (Å²) >= 11 is 0. The Bertz CT molecular complexity index is 3050. The van der Waals surface area contributed by atoms with Crippen molar-refractivity contribution in [2.75, 3.05) is 0 Å². The van der Waals surface area contributed by atoms with Gasteiger partial charge >= 0.3 is 0 Å². The molecule has 54 heavy (non-hydrogen) atoms. The van der Waals surface area contributed by atoms with Crippen molar-refractivity contribution in [2.45, 2.75) is 0 Å². The number of pyridine rings is 1. The lowest BCUT2D eigenvalue weighted by atomic mass is 9.94. The second-order valence-electron chi connectivity index (χ2n) is 12.1. The molecule has 0 aliphatic heterocycles. The first-order valence-electron chi connectivity index (χ1n) is 16.1. The number of aromatic nitrogens is 3. The molecule has 0 atom stereocenters. The molecule has 0 unspecified atom stereocenters. The Kier molecular flexibility index (Phi) is 7.96. The summed E-state index contributed by atoms with van der Waals surface area (Å²) < 4.78 is 59.9. The van der Waals surface area contributed by atoms with Crippen molar-refractivity contribution >= 4 is 44.1 Å². The van der Waals surface area contributed by atoms with Gasteiger partial charge < -0.3 is 0 Å². The lowest BCUT2D eigenvalue weighted by Crippen LogP contribution is -2.04. The van der Waals surface area contributed by atoms with Crippen molar-refractivity contribution in [3.8, 4) is 57.0 Å². The molecule has 0 saturated carbocycles. The Morgan fingerprint density at radius 1 is 0.537 bits per heavy atom. The Balaban J connectivity index is 1.47. The lowest BCUT2D eigenvalue weighted by molar-refractivity contribution is 0.454. The van der Waals surface area contributed by atoms with Crippen LogP contribution in [0.5, 0.6) is 0 Å². The smallest absolute Gasteiger partial charge is 0.199 e. The fourth-order valence-corrected chi connectivity index (χ4v) is 6.54. The fraction of sp³-hybridized carbons (Fsp3) is 0. The SMILES string of the molecule is [C-]#[N+]c1ccc(-c2nc3cc([N+]#[C-])c4c(-c5cccc(-c6c(F)c(F)c(C#N)c(F)c6F)c5)nc5ccccc5c4c3nc2-c2ccc(C#N)cc2)cc1. The maximum absolute atomic E-state index is 15.2. The second kappa shape index (κ2) is 13.0. The first kappa shape index (κ1) is 33.2. The minimum atomic E-state index is -1.81. The fourth-order valence-electron chi connectivity index (χ4n) is 6.54. The van der Waals surface area contributed by atoms with E-state index in [4.69, 9.17) is 33.4 Å². The van der Waals surface area contributed by atoms with E-state index in [-0.39, 0.29) is 22.5 Å². The molecular formula is C43H17F4N7. The molecule has 0 spiro atoms. The van der Waals surface area contributed by atoms with Crippen LogP contribution in [0.1, 0.15) is 11.1 Å². The number of hydrogen-bond acceptors (Lipinski definition) is 5. The molecule has 8 rings (SSSR count). The van der Waals surface area contributed by atoms with E-state index < -0.39 is 34.4 Å². The number of para-hydroxylation sites is 1. The van der Waals surface area contributed by atoms with Crippen LogP contribution in [0.25, 0.3) is 87.3 Å². The van der Waals surface area contributed by atoms with Gasteiger partial charge in [0.1, 0.15) is 11.6 Å². The summed E-state index contributed by atoms with van der Waals surface area (Å²) in [6.07, 6.45) is 0. The second-order valence-corrected chi connectivity index (χ2v) is 12.1. The summed E-state index contributed by atoms with van der Waals surface area (Å²) in [7, 11) is 0. The maximum atomic E-state index is 15.2. The van der Waals surface area contributed by atoms with Crippen molar-refractivity contribution in [3.63, 3.8) is 0 Å². The molecule has 2 aromatic heterocycles. The Hall–Kier alpha value is -7.99. The number of hydrogen-bond donors (Lipinski definition) is 0. The topological polar surface area (TPSA) is 95.0 Å². The molecule has 0 saturated heterocycles. The number of fused-ring (bicyclic) bond motifs is 5. The van der Waals surface area contributed by atoms with Crippen LogP contribution < -0.4 is 0 Å². The zero-order chi connectivity index (χ0) is 37.7. The summed E-state index contributed by atoms with van der Waals surface area (Å²) in [6.45, 7) is 15.6. The summed E-state index contributed by atoms with van der Waals surface area (Å²) in [6, 6.07) is 31.3. The molecule has 11 heteroatoms. The van der Waals surface area contributed by atoms with Crippen molar-refractivity contribution < 1.29 is 17.6 Å². The summed E-state index contributed by atoms with van der Waals surface area (Å²) in [5.41, 5.74) is 2.42. The summed E-state index contributed by atoms with van der Waals surface area (Å²) in [4.78, 5) is 22.4. The van der Waals surface area contributed by atoms with E-state index in [9.17, 15) is 14.0 Å². The molecule has 8 aromatic rings. The van der Waals surface area contributed by atoms with E-state index in [1.807, 2.05) is 12.1 Å². The Morgan fingerprint density at radius 3 is 1.81 bits per heavy atom. The number of rotatable bonds is 4. The maximum Gasteiger partial charge on any atom is 0.199 e. The van der Waals surface area contributed by atoms with Crippen molar-refractivity contribution in [1.29, 1.82) is 10.5 Å². The van der Waals surface area contributed by atoms with Gasteiger partial charge in [0.2, 0.25) is 0 Å². The van der Waals surface area contributed by atoms with Gasteiger partial charge in [0.05, 0.1) is 64.0 Å². The van der Waals surface area contributed by atoms with Crippen molar-refractivity contribution in [3.05, 3.63) is 160 Å². The van der Waals surface area contributed by atoms with E-state index in [2.05, 4.69) is 15.8 Å². The molecule has 0 fully saturated rings. The lowest BCUT2D eigenvalue weighted by Gasteiger charge is -2.17. The molecule has 0 aliphatic carbocycles. The molecule has 0 radical (unpaired) electrons. The van der Waals surface area contributed by atoms with Gasteiger partial charge in [-0.15, -0.1) is 0 Å². The Labute approximate surface area is 303 Å². The van der Waals surface area contributed by atoms with Gasteiger partial charge in [0.15, 0.2) is 34.6 Å². The summed E-state index contributed by atoms with van der Waals surface area (Å²) in [5.74, 6) is -7.08. The standard InChI is InChI=1S/C43H17F4N7/c1-50-27-16-14-24(15-17-27)41-42(23-12-10-22(20-48)11-13-23)54-43-32(53-41)19-31(51-2)35-34(43)28-8-3-4-9-30(28)52-40(35)26-7-5-6-25(18-26)33-38(46)36(44)29(21-49)37(45)39(33)47/h3-19H. The third-order valence-electron chi connectivity index (χ3n) is 9.06. The van der Waals surface area contributed by atoms with E-state index in [1.165, 1.54) is 18.2 Å². The van der Waals surface area contributed by atoms with Crippen LogP contribution in [0.15, 0.2) is 103 Å². The largest absolute Gasteiger partial charge is 0.248 e. The third kappa shape index (κ3) is 5.21. The molecular weight excluding hydrogens is 691 g/mol. The van der Waals surface area contributed by atoms with Gasteiger partial charge in [-0.05, 0) is 41.5 Å². The van der Waals surface area contributed by atoms with E-state index in [1.54, 1.807) is 72.8 Å². The van der Waals surface area contributed by atoms with Crippen LogP contribution in [0.2, 0.25) is 0 Å². The monoisotopic (exact) mass is 707 g/mol. The summed E-state index contributed by atoms with van der Waals surface area (Å²) in [5, 5.41) is 20.0. The predicted molar refractivity (Wildman–Crippen MR) is 196 cm³/mol. The molecule has 252 valence electrons. The van der Waals surface area contributed by atoms with Crippen LogP contribution in [-0.4, -0.2) is 15.0 Å². The number of nitriles is 2. The zero-order valence-electron chi connectivity index (χ0n) is 27.5. The van der Waals surface area contributed by atoms with Crippen LogP contribution in [-0.2, 0) is 0 Å². The first-order valence-corrected chi connectivity index (χ1v) is 16.1. The number of nitrogens with zero attached hydrogens (tertiary/aromatic N) is 7. The van der Waals surface area contributed by atoms with E-state index >= 15 is 8.78 Å². The third-order valence-corrected chi connectivity index (χ3v) is 9.06. The molecule has 2 heterocycles. The zero-order valence-corrected chi connectivity index (χ0v) is 27.5. The average molecular weight is 708 g/mol. The molecule has 0 amide bonds. The molecule has 0 bridgehead atoms. The number of halogens is 4. The highest BCUT2D eigenvalue weighted by atomic mass is 19.2. The highest BCUT2D eigenvalue weighted by molar-refractivity contribution is 6.25. The highest BCUT2D eigenvalue weighted by Crippen LogP contribution is 2.44. The number of benzene rings is 6. The van der Waals surface area contributed by atoms with Crippen LogP contribution >= 0.6 is 0 Å². The predicted octanol–water partition coefficient (Wildman–Crippen LogP) is 11.4. The normalized spacial score (nSPS) is 10.9. The minimum Gasteiger partial charge on any atom is -0.248 e. The minimum absolute atomic E-state index is 0.138. The van der Waals surface area contributed by atoms with Gasteiger partial charge in [-0.3, -0.25) is 0 Å². The van der Waals surface area contributed by atoms with Gasteiger partial charge in [-0.25, -0.2) is 42.2 Å². The quantitative estimate of drug-likeness (QED) is 0.0785. The van der Waals surface area contributed by atoms with Crippen LogP contribution in [0.4, 0.5) is 28.9 Å². The molecule has 7 nitrogen and oxygen atoms in total. The Morgan fingerprint density at radius 2 is 1.17 bits per heavy atom. The van der Waals surface area contributed by atoms with Gasteiger partial charge in [-0.2, -0.15) is 10.5 Å². The van der Waals surface area contributed by atoms with Crippen molar-refractivity contribution in [2.24, 2.45) is 0 Å². The molecule has 0 aliphatic rings. The van der Waals surface area contributed by atoms with Crippen molar-refractivity contribution in [1.82, 2.24) is 15.0 Å². The molecule has 0 N–H and O–H groups in total. The van der Waals surface area contributed by atoms with Crippen LogP contribution in [0, 0.1) is 59.1 Å². The highest BCUT2D eigenvalue weighted by Gasteiger charge is 2.27. The molecule has 6 aromatic carbocycles. The van der Waals surface area contributed by atoms with E-state index in [0.717, 1.165) is 6.07 Å². The first-order chi connectivity index (χ1) is 26.3.